The molecule has 0 aromatic carbocycles. The zero-order valence-electron chi connectivity index (χ0n) is 12.8. The number of ether oxygens (including phenoxy) is 1. The number of nitrogens with two attached hydrogens (primary N) is 1. The Morgan fingerprint density at radius 1 is 1.41 bits per heavy atom. The number of dihydropyridines is 1. The predicted molar refractivity (Wildman–Crippen MR) is 86.8 cm³/mol. The van der Waals surface area contributed by atoms with E-state index >= 15 is 0 Å². The van der Waals surface area contributed by atoms with E-state index in [9.17, 15) is 0 Å². The van der Waals surface area contributed by atoms with Crippen molar-refractivity contribution in [3.05, 3.63) is 36.1 Å². The highest BCUT2D eigenvalue weighted by molar-refractivity contribution is 6.10. The summed E-state index contributed by atoms with van der Waals surface area (Å²) in [6.07, 6.45) is 12.9. The maximum absolute atomic E-state index is 5.63. The van der Waals surface area contributed by atoms with Gasteiger partial charge in [0.1, 0.15) is 11.7 Å². The van der Waals surface area contributed by atoms with Gasteiger partial charge in [0.2, 0.25) is 0 Å². The predicted octanol–water partition coefficient (Wildman–Crippen LogP) is 1.22. The minimum Gasteiger partial charge on any atom is -0.378 e. The van der Waals surface area contributed by atoms with E-state index in [1.807, 2.05) is 25.3 Å². The van der Waals surface area contributed by atoms with E-state index in [-0.39, 0.29) is 11.7 Å². The molecule has 0 amide bonds. The van der Waals surface area contributed by atoms with Gasteiger partial charge in [-0.2, -0.15) is 0 Å². The molecule has 0 aromatic rings. The van der Waals surface area contributed by atoms with Gasteiger partial charge < -0.3 is 9.57 Å². The van der Waals surface area contributed by atoms with Crippen molar-refractivity contribution < 1.29 is 9.57 Å². The molecule has 0 fully saturated rings. The van der Waals surface area contributed by atoms with Crippen LogP contribution < -0.4 is 5.90 Å². The molecule has 2 N–H and O–H groups in total. The Hall–Kier alpha value is -1.60. The Kier molecular flexibility index (Phi) is 4.63. The van der Waals surface area contributed by atoms with Gasteiger partial charge in [0.05, 0.1) is 24.6 Å². The van der Waals surface area contributed by atoms with Gasteiger partial charge in [-0.3, -0.25) is 14.9 Å². The fraction of sp³-hybridized carbons (Fsp3) is 0.500. The van der Waals surface area contributed by atoms with E-state index in [0.29, 0.717) is 19.8 Å². The zero-order chi connectivity index (χ0) is 15.4. The van der Waals surface area contributed by atoms with Crippen molar-refractivity contribution in [1.82, 2.24) is 4.90 Å². The van der Waals surface area contributed by atoms with Gasteiger partial charge >= 0.3 is 0 Å². The second-order valence-electron chi connectivity index (χ2n) is 5.39. The van der Waals surface area contributed by atoms with Crippen LogP contribution in [-0.4, -0.2) is 54.9 Å². The van der Waals surface area contributed by atoms with E-state index in [1.54, 1.807) is 0 Å². The van der Waals surface area contributed by atoms with Crippen molar-refractivity contribution in [2.24, 2.45) is 15.9 Å². The van der Waals surface area contributed by atoms with Crippen LogP contribution in [0.15, 0.2) is 46.1 Å². The van der Waals surface area contributed by atoms with E-state index in [2.05, 4.69) is 28.1 Å². The summed E-state index contributed by atoms with van der Waals surface area (Å²) in [4.78, 5) is 16.5. The Labute approximate surface area is 130 Å². The molecule has 22 heavy (non-hydrogen) atoms. The summed E-state index contributed by atoms with van der Waals surface area (Å²) in [5.74, 6) is 5.16. The quantitative estimate of drug-likeness (QED) is 0.567. The normalized spacial score (nSPS) is 29.3. The number of hydrogen-bond acceptors (Lipinski definition) is 6. The highest BCUT2D eigenvalue weighted by Crippen LogP contribution is 2.40. The third-order valence-electron chi connectivity index (χ3n) is 4.16. The maximum Gasteiger partial charge on any atom is 0.127 e. The smallest absolute Gasteiger partial charge is 0.127 e. The molecule has 0 saturated heterocycles. The second-order valence-corrected chi connectivity index (χ2v) is 5.39. The zero-order valence-corrected chi connectivity index (χ0v) is 12.8. The van der Waals surface area contributed by atoms with Crippen LogP contribution in [0.25, 0.3) is 0 Å². The molecule has 6 nitrogen and oxygen atoms in total. The van der Waals surface area contributed by atoms with Crippen molar-refractivity contribution in [3.8, 4) is 0 Å². The molecule has 3 aliphatic rings. The molecule has 6 heteroatoms. The Bertz CT molecular complexity index is 564. The highest BCUT2D eigenvalue weighted by Gasteiger charge is 2.51. The molecular weight excluding hydrogens is 280 g/mol. The SMILES string of the molecule is CCOCC1N=C2C=CC=C3N=CC=CC32N1CCCON. The van der Waals surface area contributed by atoms with E-state index in [1.165, 1.54) is 0 Å². The van der Waals surface area contributed by atoms with Crippen molar-refractivity contribution in [1.29, 1.82) is 0 Å². The van der Waals surface area contributed by atoms with Crippen LogP contribution in [0.2, 0.25) is 0 Å². The summed E-state index contributed by atoms with van der Waals surface area (Å²) in [5.41, 5.74) is 1.65. The number of aliphatic imine (C=N–C) groups is 2. The summed E-state index contributed by atoms with van der Waals surface area (Å²) in [6.45, 7) is 4.58. The van der Waals surface area contributed by atoms with E-state index in [4.69, 9.17) is 20.5 Å². The van der Waals surface area contributed by atoms with Crippen molar-refractivity contribution in [2.75, 3.05) is 26.4 Å². The van der Waals surface area contributed by atoms with Crippen LogP contribution in [0.3, 0.4) is 0 Å². The molecule has 0 radical (unpaired) electrons. The van der Waals surface area contributed by atoms with Crippen LogP contribution in [0.5, 0.6) is 0 Å². The average Bonchev–Trinajstić information content (AvgIpc) is 2.85. The van der Waals surface area contributed by atoms with Gasteiger partial charge in [-0.15, -0.1) is 0 Å². The third-order valence-corrected chi connectivity index (χ3v) is 4.16. The lowest BCUT2D eigenvalue weighted by molar-refractivity contribution is 0.0522. The highest BCUT2D eigenvalue weighted by atomic mass is 16.6. The third kappa shape index (κ3) is 2.48. The topological polar surface area (TPSA) is 72.4 Å². The van der Waals surface area contributed by atoms with Crippen LogP contribution >= 0.6 is 0 Å². The Morgan fingerprint density at radius 2 is 2.32 bits per heavy atom. The largest absolute Gasteiger partial charge is 0.378 e. The molecular formula is C16H22N4O2. The lowest BCUT2D eigenvalue weighted by Crippen LogP contribution is -2.54. The minimum atomic E-state index is -0.375. The van der Waals surface area contributed by atoms with Gasteiger partial charge in [-0.05, 0) is 31.6 Å². The standard InChI is InChI=1S/C16H22N4O2/c1-2-21-12-15-19-14-7-3-6-13-16(14,8-4-9-18-13)20(15)10-5-11-22-17/h3-4,6-9,15H,2,5,10-12,17H2,1H3. The summed E-state index contributed by atoms with van der Waals surface area (Å²) in [7, 11) is 0. The Balaban J connectivity index is 1.91. The molecule has 3 rings (SSSR count). The van der Waals surface area contributed by atoms with Gasteiger partial charge in [-0.25, -0.2) is 5.90 Å². The van der Waals surface area contributed by atoms with Crippen molar-refractivity contribution >= 4 is 11.9 Å². The number of rotatable bonds is 7. The summed E-state index contributed by atoms with van der Waals surface area (Å²) in [5, 5.41) is 0. The molecule has 118 valence electrons. The first kappa shape index (κ1) is 15.3. The first-order valence-corrected chi connectivity index (χ1v) is 7.68. The lowest BCUT2D eigenvalue weighted by Gasteiger charge is -2.41. The van der Waals surface area contributed by atoms with Crippen molar-refractivity contribution in [2.45, 2.75) is 25.0 Å². The van der Waals surface area contributed by atoms with Gasteiger partial charge in [-0.1, -0.05) is 12.2 Å². The molecule has 2 heterocycles. The molecule has 0 bridgehead atoms. The molecule has 2 atom stereocenters. The number of nitrogens with zero attached hydrogens (tertiary/aromatic N) is 3. The summed E-state index contributed by atoms with van der Waals surface area (Å²) in [6, 6.07) is 0. The number of allylic oxidation sites excluding steroid dienone is 3. The van der Waals surface area contributed by atoms with E-state index < -0.39 is 0 Å². The molecule has 0 saturated carbocycles. The van der Waals surface area contributed by atoms with Gasteiger partial charge in [0, 0.05) is 19.4 Å². The van der Waals surface area contributed by atoms with Crippen LogP contribution in [0.1, 0.15) is 13.3 Å². The monoisotopic (exact) mass is 302 g/mol. The van der Waals surface area contributed by atoms with Crippen LogP contribution in [0, 0.1) is 0 Å². The first-order chi connectivity index (χ1) is 10.8. The van der Waals surface area contributed by atoms with Crippen LogP contribution in [0.4, 0.5) is 0 Å². The minimum absolute atomic E-state index is 0.0168. The summed E-state index contributed by atoms with van der Waals surface area (Å²) < 4.78 is 5.63. The second kappa shape index (κ2) is 6.66. The van der Waals surface area contributed by atoms with Gasteiger partial charge in [0.25, 0.3) is 0 Å². The molecule has 2 aliphatic heterocycles. The van der Waals surface area contributed by atoms with Crippen molar-refractivity contribution in [3.63, 3.8) is 0 Å². The molecule has 1 spiro atoms. The number of hydrogen-bond donors (Lipinski definition) is 1. The molecule has 0 aromatic heterocycles. The summed E-state index contributed by atoms with van der Waals surface area (Å²) >= 11 is 0. The van der Waals surface area contributed by atoms with Gasteiger partial charge in [0.15, 0.2) is 0 Å². The maximum atomic E-state index is 5.63. The fourth-order valence-corrected chi connectivity index (χ4v) is 3.22. The first-order valence-electron chi connectivity index (χ1n) is 7.68. The lowest BCUT2D eigenvalue weighted by atomic mass is 9.83. The van der Waals surface area contributed by atoms with Crippen LogP contribution in [-0.2, 0) is 9.57 Å². The average molecular weight is 302 g/mol. The van der Waals surface area contributed by atoms with E-state index in [0.717, 1.165) is 24.4 Å². The molecule has 1 aliphatic carbocycles. The molecule has 2 unspecified atom stereocenters. The fourth-order valence-electron chi connectivity index (χ4n) is 3.22. The Morgan fingerprint density at radius 3 is 3.14 bits per heavy atom.